The van der Waals surface area contributed by atoms with Crippen LogP contribution in [-0.2, 0) is 11.3 Å². The second kappa shape index (κ2) is 8.13. The summed E-state index contributed by atoms with van der Waals surface area (Å²) in [4.78, 5) is 16.2. The third-order valence-corrected chi connectivity index (χ3v) is 7.48. The van der Waals surface area contributed by atoms with Gasteiger partial charge in [-0.2, -0.15) is 0 Å². The summed E-state index contributed by atoms with van der Waals surface area (Å²) >= 11 is 3.20. The molecule has 2 atom stereocenters. The molecule has 1 saturated carbocycles. The van der Waals surface area contributed by atoms with Gasteiger partial charge in [-0.1, -0.05) is 30.7 Å². The predicted molar refractivity (Wildman–Crippen MR) is 106 cm³/mol. The van der Waals surface area contributed by atoms with Crippen molar-refractivity contribution in [2.75, 3.05) is 12.3 Å². The molecule has 1 amide bonds. The van der Waals surface area contributed by atoms with Gasteiger partial charge in [-0.3, -0.25) is 4.79 Å². The molecule has 1 aliphatic heterocycles. The third kappa shape index (κ3) is 3.56. The lowest BCUT2D eigenvalue weighted by molar-refractivity contribution is -0.134. The molecule has 0 spiro atoms. The number of piperidine rings is 1. The molecule has 1 aliphatic carbocycles. The summed E-state index contributed by atoms with van der Waals surface area (Å²) in [6, 6.07) is 4.58. The quantitative estimate of drug-likeness (QED) is 0.714. The van der Waals surface area contributed by atoms with Crippen LogP contribution in [0, 0.1) is 5.92 Å². The molecule has 2 aliphatic rings. The van der Waals surface area contributed by atoms with Gasteiger partial charge in [0.25, 0.3) is 0 Å². The molecule has 0 N–H and O–H groups in total. The van der Waals surface area contributed by atoms with Gasteiger partial charge in [0.2, 0.25) is 5.91 Å². The number of aromatic nitrogens is 3. The van der Waals surface area contributed by atoms with Crippen molar-refractivity contribution in [1.29, 1.82) is 0 Å². The molecule has 2 fully saturated rings. The van der Waals surface area contributed by atoms with Crippen LogP contribution in [0.2, 0.25) is 0 Å². The van der Waals surface area contributed by atoms with Crippen molar-refractivity contribution in [3.05, 3.63) is 17.5 Å². The number of hydrogen-bond acceptors (Lipinski definition) is 5. The molecule has 2 aromatic heterocycles. The van der Waals surface area contributed by atoms with Gasteiger partial charge in [0.15, 0.2) is 11.0 Å². The van der Waals surface area contributed by atoms with Crippen molar-refractivity contribution in [3.63, 3.8) is 0 Å². The zero-order valence-electron chi connectivity index (χ0n) is 15.3. The Bertz CT molecular complexity index is 741. The van der Waals surface area contributed by atoms with E-state index in [1.807, 2.05) is 6.07 Å². The van der Waals surface area contributed by atoms with Gasteiger partial charge in [0.1, 0.15) is 0 Å². The molecule has 140 valence electrons. The van der Waals surface area contributed by atoms with Gasteiger partial charge in [-0.15, -0.1) is 21.5 Å². The number of rotatable bonds is 5. The topological polar surface area (TPSA) is 51.0 Å². The lowest BCUT2D eigenvalue weighted by Crippen LogP contribution is -2.50. The first kappa shape index (κ1) is 18.0. The highest BCUT2D eigenvalue weighted by atomic mass is 32.2. The van der Waals surface area contributed by atoms with Crippen LogP contribution >= 0.6 is 23.1 Å². The van der Waals surface area contributed by atoms with E-state index >= 15 is 0 Å². The fraction of sp³-hybridized carbons (Fsp3) is 0.632. The van der Waals surface area contributed by atoms with Gasteiger partial charge < -0.3 is 9.47 Å². The number of thioether (sulfide) groups is 1. The standard InChI is InChI=1S/C19H26N4OS2/c1-2-22-18(16-10-6-12-25-16)20-21-19(22)26-13-17(24)23-11-5-8-14-7-3-4-9-15(14)23/h6,10,12,14-15H,2-5,7-9,11,13H2,1H3. The summed E-state index contributed by atoms with van der Waals surface area (Å²) < 4.78 is 2.11. The van der Waals surface area contributed by atoms with E-state index in [-0.39, 0.29) is 5.91 Å². The molecule has 2 unspecified atom stereocenters. The highest BCUT2D eigenvalue weighted by Gasteiger charge is 2.35. The molecule has 0 radical (unpaired) electrons. The minimum Gasteiger partial charge on any atom is -0.339 e. The van der Waals surface area contributed by atoms with E-state index in [9.17, 15) is 4.79 Å². The number of hydrogen-bond donors (Lipinski definition) is 0. The minimum atomic E-state index is 0.273. The van der Waals surface area contributed by atoms with E-state index in [0.29, 0.717) is 11.8 Å². The molecule has 2 aromatic rings. The Morgan fingerprint density at radius 1 is 1.27 bits per heavy atom. The third-order valence-electron chi connectivity index (χ3n) is 5.66. The van der Waals surface area contributed by atoms with Crippen LogP contribution < -0.4 is 0 Å². The first-order valence-electron chi connectivity index (χ1n) is 9.67. The van der Waals surface area contributed by atoms with Gasteiger partial charge in [-0.25, -0.2) is 0 Å². The molecular weight excluding hydrogens is 364 g/mol. The van der Waals surface area contributed by atoms with Crippen LogP contribution in [0.5, 0.6) is 0 Å². The molecule has 0 bridgehead atoms. The van der Waals surface area contributed by atoms with Crippen molar-refractivity contribution in [2.45, 2.75) is 63.2 Å². The van der Waals surface area contributed by atoms with Crippen LogP contribution in [0.1, 0.15) is 45.4 Å². The molecule has 0 aromatic carbocycles. The summed E-state index contributed by atoms with van der Waals surface area (Å²) in [5.74, 6) is 2.38. The fourth-order valence-corrected chi connectivity index (χ4v) is 6.02. The van der Waals surface area contributed by atoms with Crippen molar-refractivity contribution < 1.29 is 4.79 Å². The summed E-state index contributed by atoms with van der Waals surface area (Å²) in [5.41, 5.74) is 0. The van der Waals surface area contributed by atoms with E-state index < -0.39 is 0 Å². The lowest BCUT2D eigenvalue weighted by atomic mass is 9.78. The highest BCUT2D eigenvalue weighted by Crippen LogP contribution is 2.36. The maximum Gasteiger partial charge on any atom is 0.233 e. The molecule has 4 rings (SSSR count). The van der Waals surface area contributed by atoms with E-state index in [1.165, 1.54) is 43.9 Å². The summed E-state index contributed by atoms with van der Waals surface area (Å²) in [6.07, 6.45) is 7.56. The summed E-state index contributed by atoms with van der Waals surface area (Å²) in [5, 5.41) is 11.6. The lowest BCUT2D eigenvalue weighted by Gasteiger charge is -2.44. The van der Waals surface area contributed by atoms with Crippen LogP contribution in [0.15, 0.2) is 22.7 Å². The number of likely N-dealkylation sites (tertiary alicyclic amines) is 1. The molecule has 7 heteroatoms. The monoisotopic (exact) mass is 390 g/mol. The van der Waals surface area contributed by atoms with E-state index in [0.717, 1.165) is 41.3 Å². The average molecular weight is 391 g/mol. The summed E-state index contributed by atoms with van der Waals surface area (Å²) in [7, 11) is 0. The van der Waals surface area contributed by atoms with Crippen LogP contribution in [-0.4, -0.2) is 43.9 Å². The number of fused-ring (bicyclic) bond motifs is 1. The minimum absolute atomic E-state index is 0.273. The zero-order chi connectivity index (χ0) is 17.9. The number of nitrogens with zero attached hydrogens (tertiary/aromatic N) is 4. The maximum atomic E-state index is 12.9. The number of amides is 1. The maximum absolute atomic E-state index is 12.9. The van der Waals surface area contributed by atoms with Crippen molar-refractivity contribution in [2.24, 2.45) is 5.92 Å². The number of thiophene rings is 1. The van der Waals surface area contributed by atoms with Crippen molar-refractivity contribution >= 4 is 29.0 Å². The Kier molecular flexibility index (Phi) is 5.64. The first-order valence-corrected chi connectivity index (χ1v) is 11.5. The van der Waals surface area contributed by atoms with Gasteiger partial charge in [-0.05, 0) is 50.0 Å². The Labute approximate surface area is 163 Å². The molecule has 5 nitrogen and oxygen atoms in total. The Morgan fingerprint density at radius 2 is 2.12 bits per heavy atom. The van der Waals surface area contributed by atoms with Gasteiger partial charge in [0, 0.05) is 19.1 Å². The summed E-state index contributed by atoms with van der Waals surface area (Å²) in [6.45, 7) is 3.84. The SMILES string of the molecule is CCn1c(SCC(=O)N2CCCC3CCCCC32)nnc1-c1cccs1. The number of carbonyl (C=O) groups excluding carboxylic acids is 1. The zero-order valence-corrected chi connectivity index (χ0v) is 16.9. The molecular formula is C19H26N4OS2. The first-order chi connectivity index (χ1) is 12.8. The van der Waals surface area contributed by atoms with Crippen molar-refractivity contribution in [3.8, 4) is 10.7 Å². The Morgan fingerprint density at radius 3 is 2.92 bits per heavy atom. The largest absolute Gasteiger partial charge is 0.339 e. The number of carbonyl (C=O) groups is 1. The van der Waals surface area contributed by atoms with Crippen LogP contribution in [0.3, 0.4) is 0 Å². The van der Waals surface area contributed by atoms with E-state index in [1.54, 1.807) is 11.3 Å². The Balaban J connectivity index is 1.43. The highest BCUT2D eigenvalue weighted by molar-refractivity contribution is 7.99. The molecule has 1 saturated heterocycles. The average Bonchev–Trinajstić information content (AvgIpc) is 3.34. The molecule has 26 heavy (non-hydrogen) atoms. The van der Waals surface area contributed by atoms with Crippen molar-refractivity contribution in [1.82, 2.24) is 19.7 Å². The second-order valence-electron chi connectivity index (χ2n) is 7.16. The smallest absolute Gasteiger partial charge is 0.233 e. The normalized spacial score (nSPS) is 23.0. The Hall–Kier alpha value is -1.34. The van der Waals surface area contributed by atoms with Gasteiger partial charge >= 0.3 is 0 Å². The fourth-order valence-electron chi connectivity index (χ4n) is 4.41. The van der Waals surface area contributed by atoms with E-state index in [4.69, 9.17) is 0 Å². The molecule has 3 heterocycles. The van der Waals surface area contributed by atoms with E-state index in [2.05, 4.69) is 38.0 Å². The van der Waals surface area contributed by atoms with Gasteiger partial charge in [0.05, 0.1) is 10.6 Å². The predicted octanol–water partition coefficient (Wildman–Crippen LogP) is 4.30. The van der Waals surface area contributed by atoms with Crippen LogP contribution in [0.25, 0.3) is 10.7 Å². The second-order valence-corrected chi connectivity index (χ2v) is 9.05. The van der Waals surface area contributed by atoms with Crippen LogP contribution in [0.4, 0.5) is 0 Å².